The number of carbonyl (C=O) groups excluding carboxylic acids is 2. The molecule has 1 aliphatic rings. The van der Waals surface area contributed by atoms with E-state index in [-0.39, 0.29) is 16.8 Å². The van der Waals surface area contributed by atoms with E-state index in [0.717, 1.165) is 41.7 Å². The Balaban J connectivity index is 1.60. The highest BCUT2D eigenvalue weighted by Crippen LogP contribution is 2.38. The number of nitrogens with zero attached hydrogens (tertiary/aromatic N) is 1. The third-order valence-electron chi connectivity index (χ3n) is 4.98. The lowest BCUT2D eigenvalue weighted by Crippen LogP contribution is -2.25. The number of pyridine rings is 1. The first-order valence-electron chi connectivity index (χ1n) is 9.61. The molecule has 30 heavy (non-hydrogen) atoms. The van der Waals surface area contributed by atoms with Crippen molar-refractivity contribution in [3.05, 3.63) is 79.9 Å². The van der Waals surface area contributed by atoms with Gasteiger partial charge in [-0.05, 0) is 61.1 Å². The van der Waals surface area contributed by atoms with Gasteiger partial charge in [0, 0.05) is 28.8 Å². The van der Waals surface area contributed by atoms with Gasteiger partial charge in [0.2, 0.25) is 0 Å². The van der Waals surface area contributed by atoms with Gasteiger partial charge >= 0.3 is 0 Å². The van der Waals surface area contributed by atoms with Gasteiger partial charge < -0.3 is 10.6 Å². The Kier molecular flexibility index (Phi) is 6.37. The van der Waals surface area contributed by atoms with E-state index >= 15 is 0 Å². The fourth-order valence-electron chi connectivity index (χ4n) is 3.51. The zero-order chi connectivity index (χ0) is 21.1. The summed E-state index contributed by atoms with van der Waals surface area (Å²) in [5.41, 5.74) is 2.81. The van der Waals surface area contributed by atoms with Crippen LogP contribution in [0.25, 0.3) is 0 Å². The fourth-order valence-corrected chi connectivity index (χ4v) is 5.29. The third-order valence-corrected chi connectivity index (χ3v) is 6.73. The number of fused-ring (bicyclic) bond motifs is 1. The molecule has 4 rings (SSSR count). The van der Waals surface area contributed by atoms with Crippen molar-refractivity contribution < 1.29 is 9.59 Å². The third kappa shape index (κ3) is 4.51. The Morgan fingerprint density at radius 2 is 1.93 bits per heavy atom. The molecule has 2 aromatic heterocycles. The number of carbonyl (C=O) groups is 2. The van der Waals surface area contributed by atoms with Crippen LogP contribution in [-0.4, -0.2) is 16.8 Å². The van der Waals surface area contributed by atoms with Gasteiger partial charge in [-0.25, -0.2) is 0 Å². The number of benzene rings is 1. The summed E-state index contributed by atoms with van der Waals surface area (Å²) in [6.07, 6.45) is 7.27. The summed E-state index contributed by atoms with van der Waals surface area (Å²) in [6.45, 7) is 0.369. The van der Waals surface area contributed by atoms with Crippen molar-refractivity contribution in [2.24, 2.45) is 0 Å². The SMILES string of the molecule is O=C(Nc1sc2c(c1C(=O)NCc1cccnc1)CCCC2)c1ccc(Cl)cc1Cl. The predicted octanol–water partition coefficient (Wildman–Crippen LogP) is 5.51. The van der Waals surface area contributed by atoms with Gasteiger partial charge in [-0.1, -0.05) is 29.3 Å². The van der Waals surface area contributed by atoms with Gasteiger partial charge in [-0.15, -0.1) is 11.3 Å². The number of aryl methyl sites for hydroxylation is 1. The number of amides is 2. The zero-order valence-electron chi connectivity index (χ0n) is 16.0. The molecule has 2 heterocycles. The minimum atomic E-state index is -0.364. The summed E-state index contributed by atoms with van der Waals surface area (Å²) in [4.78, 5) is 31.2. The highest BCUT2D eigenvalue weighted by atomic mass is 35.5. The smallest absolute Gasteiger partial charge is 0.257 e. The molecule has 1 aliphatic carbocycles. The van der Waals surface area contributed by atoms with Crippen LogP contribution in [0.2, 0.25) is 10.0 Å². The lowest BCUT2D eigenvalue weighted by atomic mass is 9.95. The van der Waals surface area contributed by atoms with Crippen LogP contribution in [-0.2, 0) is 19.4 Å². The molecule has 0 aliphatic heterocycles. The van der Waals surface area contributed by atoms with Crippen molar-refractivity contribution >= 4 is 51.4 Å². The molecule has 0 saturated carbocycles. The predicted molar refractivity (Wildman–Crippen MR) is 121 cm³/mol. The van der Waals surface area contributed by atoms with E-state index in [4.69, 9.17) is 23.2 Å². The van der Waals surface area contributed by atoms with Crippen LogP contribution in [0.4, 0.5) is 5.00 Å². The number of hydrogen-bond donors (Lipinski definition) is 2. The van der Waals surface area contributed by atoms with E-state index in [1.807, 2.05) is 12.1 Å². The average Bonchev–Trinajstić information content (AvgIpc) is 3.10. The number of anilines is 1. The second kappa shape index (κ2) is 9.16. The lowest BCUT2D eigenvalue weighted by Gasteiger charge is -2.13. The van der Waals surface area contributed by atoms with Crippen LogP contribution in [0.15, 0.2) is 42.7 Å². The highest BCUT2D eigenvalue weighted by Gasteiger charge is 2.27. The second-order valence-corrected chi connectivity index (χ2v) is 8.99. The van der Waals surface area contributed by atoms with Crippen molar-refractivity contribution in [3.8, 4) is 0 Å². The normalized spacial score (nSPS) is 12.9. The first-order chi connectivity index (χ1) is 14.5. The van der Waals surface area contributed by atoms with Gasteiger partial charge in [0.05, 0.1) is 16.1 Å². The number of rotatable bonds is 5. The molecule has 0 unspecified atom stereocenters. The molecule has 0 spiro atoms. The molecule has 0 saturated heterocycles. The van der Waals surface area contributed by atoms with Crippen molar-refractivity contribution in [1.82, 2.24) is 10.3 Å². The molecular weight excluding hydrogens is 441 g/mol. The van der Waals surface area contributed by atoms with Gasteiger partial charge in [0.1, 0.15) is 5.00 Å². The lowest BCUT2D eigenvalue weighted by molar-refractivity contribution is 0.0951. The van der Waals surface area contributed by atoms with Gasteiger partial charge in [-0.3, -0.25) is 14.6 Å². The molecule has 2 amide bonds. The summed E-state index contributed by atoms with van der Waals surface area (Å²) < 4.78 is 0. The van der Waals surface area contributed by atoms with Crippen LogP contribution < -0.4 is 10.6 Å². The number of aromatic nitrogens is 1. The quantitative estimate of drug-likeness (QED) is 0.528. The first-order valence-corrected chi connectivity index (χ1v) is 11.2. The van der Waals surface area contributed by atoms with Gasteiger partial charge in [0.15, 0.2) is 0 Å². The number of thiophene rings is 1. The van der Waals surface area contributed by atoms with E-state index in [1.165, 1.54) is 17.4 Å². The molecule has 154 valence electrons. The zero-order valence-corrected chi connectivity index (χ0v) is 18.3. The van der Waals surface area contributed by atoms with Crippen LogP contribution in [0.1, 0.15) is 49.6 Å². The summed E-state index contributed by atoms with van der Waals surface area (Å²) in [5.74, 6) is -0.563. The van der Waals surface area contributed by atoms with Crippen LogP contribution in [0.3, 0.4) is 0 Å². The van der Waals surface area contributed by atoms with Crippen molar-refractivity contribution in [3.63, 3.8) is 0 Å². The molecule has 0 atom stereocenters. The summed E-state index contributed by atoms with van der Waals surface area (Å²) in [7, 11) is 0. The van der Waals surface area contributed by atoms with E-state index in [2.05, 4.69) is 15.6 Å². The minimum Gasteiger partial charge on any atom is -0.348 e. The molecule has 3 aromatic rings. The Bertz CT molecular complexity index is 1100. The van der Waals surface area contributed by atoms with Crippen LogP contribution in [0, 0.1) is 0 Å². The van der Waals surface area contributed by atoms with Crippen molar-refractivity contribution in [2.75, 3.05) is 5.32 Å². The largest absolute Gasteiger partial charge is 0.348 e. The Morgan fingerprint density at radius 3 is 2.70 bits per heavy atom. The fraction of sp³-hybridized carbons (Fsp3) is 0.227. The second-order valence-electron chi connectivity index (χ2n) is 7.04. The molecular formula is C22H19Cl2N3O2S. The van der Waals surface area contributed by atoms with E-state index < -0.39 is 0 Å². The monoisotopic (exact) mass is 459 g/mol. The first kappa shape index (κ1) is 20.8. The van der Waals surface area contributed by atoms with Crippen LogP contribution >= 0.6 is 34.5 Å². The maximum absolute atomic E-state index is 13.1. The summed E-state index contributed by atoms with van der Waals surface area (Å²) in [6, 6.07) is 8.45. The summed E-state index contributed by atoms with van der Waals surface area (Å²) in [5, 5.41) is 7.14. The summed E-state index contributed by atoms with van der Waals surface area (Å²) >= 11 is 13.6. The maximum Gasteiger partial charge on any atom is 0.257 e. The standard InChI is InChI=1S/C22H19Cl2N3O2S/c23-14-7-8-15(17(24)10-14)20(28)27-22-19(16-5-1-2-6-18(16)30-22)21(29)26-12-13-4-3-9-25-11-13/h3-4,7-11H,1-2,5-6,12H2,(H,26,29)(H,27,28). The van der Waals surface area contributed by atoms with E-state index in [1.54, 1.807) is 24.5 Å². The molecule has 0 bridgehead atoms. The molecule has 8 heteroatoms. The van der Waals surface area contributed by atoms with Gasteiger partial charge in [-0.2, -0.15) is 0 Å². The highest BCUT2D eigenvalue weighted by molar-refractivity contribution is 7.17. The molecule has 2 N–H and O–H groups in total. The van der Waals surface area contributed by atoms with E-state index in [9.17, 15) is 9.59 Å². The Hall–Kier alpha value is -2.41. The van der Waals surface area contributed by atoms with Crippen LogP contribution in [0.5, 0.6) is 0 Å². The Morgan fingerprint density at radius 1 is 1.10 bits per heavy atom. The topological polar surface area (TPSA) is 71.1 Å². The number of halogens is 2. The molecule has 5 nitrogen and oxygen atoms in total. The van der Waals surface area contributed by atoms with Crippen molar-refractivity contribution in [1.29, 1.82) is 0 Å². The average molecular weight is 460 g/mol. The maximum atomic E-state index is 13.1. The van der Waals surface area contributed by atoms with Gasteiger partial charge in [0.25, 0.3) is 11.8 Å². The van der Waals surface area contributed by atoms with Crippen molar-refractivity contribution in [2.45, 2.75) is 32.2 Å². The molecule has 0 fully saturated rings. The minimum absolute atomic E-state index is 0.198. The molecule has 0 radical (unpaired) electrons. The molecule has 1 aromatic carbocycles. The Labute approximate surface area is 188 Å². The number of hydrogen-bond acceptors (Lipinski definition) is 4. The van der Waals surface area contributed by atoms with E-state index in [0.29, 0.717) is 27.7 Å². The number of nitrogens with one attached hydrogen (secondary N) is 2.